The molecule has 0 aliphatic carbocycles. The number of benzene rings is 3. The molecule has 14 heteroatoms. The van der Waals surface area contributed by atoms with Crippen LogP contribution in [0.1, 0.15) is 68.0 Å². The van der Waals surface area contributed by atoms with E-state index < -0.39 is 29.8 Å². The minimum absolute atomic E-state index is 0. The quantitative estimate of drug-likeness (QED) is 0.0483. The van der Waals surface area contributed by atoms with Crippen molar-refractivity contribution in [1.82, 2.24) is 4.98 Å². The van der Waals surface area contributed by atoms with Gasteiger partial charge in [-0.1, -0.05) is 19.6 Å². The van der Waals surface area contributed by atoms with E-state index in [1.807, 2.05) is 77.6 Å². The number of carbonyl (C=O) groups is 5. The predicted molar refractivity (Wildman–Crippen MR) is 230 cm³/mol. The van der Waals surface area contributed by atoms with E-state index in [4.69, 9.17) is 5.73 Å². The number of nitrogens with two attached hydrogens (primary N) is 1. The van der Waals surface area contributed by atoms with Crippen molar-refractivity contribution in [3.05, 3.63) is 114 Å². The lowest BCUT2D eigenvalue weighted by Gasteiger charge is -2.14. The van der Waals surface area contributed by atoms with Crippen molar-refractivity contribution in [3.63, 3.8) is 0 Å². The van der Waals surface area contributed by atoms with Crippen LogP contribution in [-0.2, 0) is 42.9 Å². The molecule has 0 atom stereocenters. The standard InChI is InChI=1S/C15H19NO4.C14H15NO3.C9H13N.C6H6O4.CH4/c1-9-6-7-12(11(3)10(9)2)16-13(15(18)20-5)8-14(17)19-4;1-7-5-10-12(16)6-11(14(17)18-4)15-13(10)9(3)8(7)2;1-6-4-5-9(10)8(3)7(6)2;1-9-5(7)3-4-6(8)10-2;/h6-8,16H,1-5H3;5-6H,1-4H3,(H,15,16);4-5H,10H2,1-3H3;1-2H3;1H4. The number of aromatic amines is 1. The number of ether oxygens (including phenoxy) is 5. The van der Waals surface area contributed by atoms with E-state index in [1.165, 1.54) is 58.3 Å². The molecule has 0 aliphatic rings. The fourth-order valence-corrected chi connectivity index (χ4v) is 4.89. The van der Waals surface area contributed by atoms with E-state index in [2.05, 4.69) is 60.8 Å². The molecule has 3 aromatic carbocycles. The largest absolute Gasteiger partial charge is 0.466 e. The molecule has 0 aliphatic heterocycles. The summed E-state index contributed by atoms with van der Waals surface area (Å²) in [5, 5.41) is 3.52. The number of esters is 5. The van der Waals surface area contributed by atoms with Gasteiger partial charge in [0.1, 0.15) is 11.4 Å². The van der Waals surface area contributed by atoms with E-state index >= 15 is 0 Å². The first-order valence-electron chi connectivity index (χ1n) is 17.6. The number of methoxy groups -OCH3 is 5. The van der Waals surface area contributed by atoms with Crippen LogP contribution >= 0.6 is 0 Å². The fourth-order valence-electron chi connectivity index (χ4n) is 4.89. The van der Waals surface area contributed by atoms with Gasteiger partial charge in [-0.2, -0.15) is 0 Å². The maximum absolute atomic E-state index is 12.0. The van der Waals surface area contributed by atoms with Crippen molar-refractivity contribution < 1.29 is 47.7 Å². The predicted octanol–water partition coefficient (Wildman–Crippen LogP) is 6.66. The zero-order chi connectivity index (χ0) is 44.4. The van der Waals surface area contributed by atoms with Gasteiger partial charge < -0.3 is 39.7 Å². The molecule has 0 saturated heterocycles. The highest BCUT2D eigenvalue weighted by Crippen LogP contribution is 2.24. The smallest absolute Gasteiger partial charge is 0.384 e. The Labute approximate surface area is 346 Å². The average molecular weight is 816 g/mol. The van der Waals surface area contributed by atoms with Crippen LogP contribution in [0.15, 0.2) is 53.0 Å². The van der Waals surface area contributed by atoms with E-state index in [-0.39, 0.29) is 24.2 Å². The number of aromatic nitrogens is 1. The highest BCUT2D eigenvalue weighted by Gasteiger charge is 2.15. The normalized spacial score (nSPS) is 9.83. The highest BCUT2D eigenvalue weighted by atomic mass is 16.5. The molecule has 1 aromatic heterocycles. The Bertz CT molecular complexity index is 2280. The topological polar surface area (TPSA) is 202 Å². The lowest BCUT2D eigenvalue weighted by Crippen LogP contribution is -2.16. The molecule has 0 radical (unpaired) electrons. The Morgan fingerprint density at radius 3 is 1.61 bits per heavy atom. The summed E-state index contributed by atoms with van der Waals surface area (Å²) in [6.45, 7) is 18.1. The first-order chi connectivity index (χ1) is 27.2. The first-order valence-corrected chi connectivity index (χ1v) is 17.6. The fraction of sp³-hybridized carbons (Fsp3) is 0.333. The third kappa shape index (κ3) is 15.2. The molecule has 0 fully saturated rings. The number of rotatable bonds is 5. The van der Waals surface area contributed by atoms with Crippen molar-refractivity contribution >= 4 is 52.1 Å². The maximum Gasteiger partial charge on any atom is 0.384 e. The number of hydrogen-bond acceptors (Lipinski definition) is 13. The summed E-state index contributed by atoms with van der Waals surface area (Å²) in [5.74, 6) is 0.484. The van der Waals surface area contributed by atoms with Gasteiger partial charge in [0.25, 0.3) is 0 Å². The summed E-state index contributed by atoms with van der Waals surface area (Å²) in [4.78, 5) is 69.9. The van der Waals surface area contributed by atoms with Gasteiger partial charge in [-0.25, -0.2) is 24.0 Å². The molecule has 4 rings (SSSR count). The Morgan fingerprint density at radius 2 is 1.14 bits per heavy atom. The van der Waals surface area contributed by atoms with Crippen LogP contribution in [0.25, 0.3) is 10.9 Å². The van der Waals surface area contributed by atoms with E-state index in [1.54, 1.807) is 0 Å². The molecule has 0 saturated carbocycles. The molecule has 59 heavy (non-hydrogen) atoms. The monoisotopic (exact) mass is 815 g/mol. The number of pyridine rings is 1. The SMILES string of the molecule is C.COC(=O)C#CC(=O)OC.COC(=O)C=C(Nc1ccc(C)c(C)c1C)C(=O)OC.COC(=O)c1cc(=O)c2cc(C)c(C)c(C)c2[nH]1.Cc1ccc(N)c(C)c1C. The summed E-state index contributed by atoms with van der Waals surface area (Å²) < 4.78 is 22.0. The van der Waals surface area contributed by atoms with Gasteiger partial charge in [-0.15, -0.1) is 0 Å². The molecule has 0 bridgehead atoms. The van der Waals surface area contributed by atoms with Gasteiger partial charge in [-0.05, 0) is 131 Å². The minimum Gasteiger partial charge on any atom is -0.466 e. The first kappa shape index (κ1) is 52.1. The molecule has 4 aromatic rings. The third-order valence-electron chi connectivity index (χ3n) is 9.30. The number of fused-ring (bicyclic) bond motifs is 1. The van der Waals surface area contributed by atoms with Gasteiger partial charge in [-0.3, -0.25) is 4.79 Å². The minimum atomic E-state index is -0.759. The summed E-state index contributed by atoms with van der Waals surface area (Å²) in [5.41, 5.74) is 18.3. The van der Waals surface area contributed by atoms with Crippen molar-refractivity contribution in [2.75, 3.05) is 46.6 Å². The molecule has 0 unspecified atom stereocenters. The van der Waals surface area contributed by atoms with Gasteiger partial charge in [0.2, 0.25) is 0 Å². The van der Waals surface area contributed by atoms with Crippen LogP contribution in [0.3, 0.4) is 0 Å². The highest BCUT2D eigenvalue weighted by molar-refractivity contribution is 5.99. The molecule has 14 nitrogen and oxygen atoms in total. The van der Waals surface area contributed by atoms with E-state index in [9.17, 15) is 28.8 Å². The second-order valence-corrected chi connectivity index (χ2v) is 12.7. The van der Waals surface area contributed by atoms with Crippen LogP contribution < -0.4 is 16.5 Å². The Balaban J connectivity index is 0.000000791. The van der Waals surface area contributed by atoms with Gasteiger partial charge in [0.15, 0.2) is 5.43 Å². The van der Waals surface area contributed by atoms with Gasteiger partial charge in [0.05, 0.1) is 47.1 Å². The molecular formula is C45H57N3O11. The number of H-pyrrole nitrogens is 1. The zero-order valence-electron chi connectivity index (χ0n) is 35.6. The lowest BCUT2D eigenvalue weighted by atomic mass is 9.99. The number of anilines is 2. The summed E-state index contributed by atoms with van der Waals surface area (Å²) in [7, 11) is 6.14. The third-order valence-corrected chi connectivity index (χ3v) is 9.30. The van der Waals surface area contributed by atoms with Crippen LogP contribution in [-0.4, -0.2) is 70.4 Å². The summed E-state index contributed by atoms with van der Waals surface area (Å²) >= 11 is 0. The molecule has 4 N–H and O–H groups in total. The van der Waals surface area contributed by atoms with E-state index in [0.717, 1.165) is 50.8 Å². The summed E-state index contributed by atoms with van der Waals surface area (Å²) in [6, 6.07) is 10.9. The number of nitrogen functional groups attached to an aromatic ring is 1. The number of hydrogen-bond donors (Lipinski definition) is 3. The second kappa shape index (κ2) is 24.7. The Hall–Kier alpha value is -6.88. The maximum atomic E-state index is 12.0. The van der Waals surface area contributed by atoms with Crippen molar-refractivity contribution in [3.8, 4) is 11.8 Å². The molecular weight excluding hydrogens is 759 g/mol. The van der Waals surface area contributed by atoms with Crippen LogP contribution in [0.2, 0.25) is 0 Å². The Morgan fingerprint density at radius 1 is 0.627 bits per heavy atom. The second-order valence-electron chi connectivity index (χ2n) is 12.7. The van der Waals surface area contributed by atoms with Crippen LogP contribution in [0.5, 0.6) is 0 Å². The lowest BCUT2D eigenvalue weighted by molar-refractivity contribution is -0.138. The summed E-state index contributed by atoms with van der Waals surface area (Å²) in [6.07, 6.45) is 1.07. The van der Waals surface area contributed by atoms with Crippen molar-refractivity contribution in [1.29, 1.82) is 0 Å². The van der Waals surface area contributed by atoms with Gasteiger partial charge >= 0.3 is 29.8 Å². The number of aryl methyl sites for hydroxylation is 4. The van der Waals surface area contributed by atoms with Gasteiger partial charge in [0, 0.05) is 34.7 Å². The molecule has 0 amide bonds. The average Bonchev–Trinajstić information content (AvgIpc) is 3.22. The Kier molecular flexibility index (Phi) is 21.8. The molecule has 1 heterocycles. The van der Waals surface area contributed by atoms with Crippen LogP contribution in [0.4, 0.5) is 11.4 Å². The van der Waals surface area contributed by atoms with Crippen LogP contribution in [0, 0.1) is 74.2 Å². The van der Waals surface area contributed by atoms with Crippen molar-refractivity contribution in [2.24, 2.45) is 0 Å². The molecule has 318 valence electrons. The van der Waals surface area contributed by atoms with Crippen molar-refractivity contribution in [2.45, 2.75) is 69.7 Å². The number of nitrogens with one attached hydrogen (secondary N) is 2. The van der Waals surface area contributed by atoms with E-state index in [0.29, 0.717) is 10.9 Å². The molecule has 0 spiro atoms. The number of carbonyl (C=O) groups excluding carboxylic acids is 5. The zero-order valence-corrected chi connectivity index (χ0v) is 35.6.